The largest absolute Gasteiger partial charge is 0.481 e. The molecule has 0 atom stereocenters. The molecule has 0 aromatic rings. The summed E-state index contributed by atoms with van der Waals surface area (Å²) in [6.07, 6.45) is 1.21. The van der Waals surface area contributed by atoms with E-state index >= 15 is 0 Å². The van der Waals surface area contributed by atoms with Crippen LogP contribution in [0, 0.1) is 0 Å². The quantitative estimate of drug-likeness (QED) is 0.0388. The van der Waals surface area contributed by atoms with Crippen LogP contribution in [-0.2, 0) is 61.9 Å². The van der Waals surface area contributed by atoms with Crippen molar-refractivity contribution in [3.8, 4) is 0 Å². The zero-order valence-electron chi connectivity index (χ0n) is 32.2. The minimum Gasteiger partial charge on any atom is -0.481 e. The van der Waals surface area contributed by atoms with Gasteiger partial charge in [-0.15, -0.1) is 0 Å². The third-order valence-electron chi connectivity index (χ3n) is 6.47. The van der Waals surface area contributed by atoms with E-state index in [0.29, 0.717) is 13.2 Å². The molecule has 0 unspecified atom stereocenters. The van der Waals surface area contributed by atoms with Gasteiger partial charge in [0.05, 0.1) is 98.5 Å². The van der Waals surface area contributed by atoms with Crippen molar-refractivity contribution < 1.29 is 71.8 Å². The van der Waals surface area contributed by atoms with Crippen molar-refractivity contribution in [2.75, 3.05) is 119 Å². The van der Waals surface area contributed by atoms with Crippen LogP contribution in [0.15, 0.2) is 12.7 Å². The molecule has 0 aliphatic carbocycles. The van der Waals surface area contributed by atoms with E-state index < -0.39 is 17.7 Å². The van der Waals surface area contributed by atoms with Crippen molar-refractivity contribution in [3.63, 3.8) is 0 Å². The fraction of sp³-hybridized carbons (Fsp3) is 0.771. The topological polar surface area (TPSA) is 236 Å². The highest BCUT2D eigenvalue weighted by Crippen LogP contribution is 2.06. The number of nitrogens with one attached hydrogen (secondary N) is 3. The molecule has 54 heavy (non-hydrogen) atoms. The van der Waals surface area contributed by atoms with Crippen molar-refractivity contribution in [1.29, 1.82) is 0 Å². The molecule has 0 aromatic heterocycles. The molecule has 0 saturated heterocycles. The number of alkyl carbamates (subject to hydrolysis) is 1. The van der Waals surface area contributed by atoms with Crippen LogP contribution in [0.4, 0.5) is 4.79 Å². The molecule has 0 heterocycles. The average molecular weight is 779 g/mol. The smallest absolute Gasteiger partial charge is 0.407 e. The molecule has 4 N–H and O–H groups in total. The van der Waals surface area contributed by atoms with Crippen LogP contribution in [0.5, 0.6) is 0 Å². The third kappa shape index (κ3) is 35.2. The fourth-order valence-electron chi connectivity index (χ4n) is 3.89. The van der Waals surface area contributed by atoms with Crippen LogP contribution < -0.4 is 16.0 Å². The van der Waals surface area contributed by atoms with Gasteiger partial charge in [-0.2, -0.15) is 0 Å². The van der Waals surface area contributed by atoms with Gasteiger partial charge in [0.15, 0.2) is 0 Å². The first kappa shape index (κ1) is 50.1. The predicted molar refractivity (Wildman–Crippen MR) is 194 cm³/mol. The van der Waals surface area contributed by atoms with Gasteiger partial charge in [0.1, 0.15) is 12.2 Å². The summed E-state index contributed by atoms with van der Waals surface area (Å²) in [6, 6.07) is 0. The summed E-state index contributed by atoms with van der Waals surface area (Å²) in [5.41, 5.74) is -0.623. The number of carboxylic acid groups (broad SMARTS) is 1. The standard InChI is InChI=1S/C35H62N4O15/c1-5-16-53-33(45)10-21-51-24-23-48-17-6-29(40)36-11-14-39(31(42)8-19-47-22-13-38-34(46)54-35(2,3)4)15-12-37-30(41)7-18-49-25-27-52-28-26-50-20-9-32(43)44/h5H,1,6-28H2,2-4H3,(H,36,40)(H,37,41)(H,38,46)(H,43,44). The number of aliphatic carboxylic acids is 1. The number of esters is 1. The first-order chi connectivity index (χ1) is 25.8. The number of carbonyl (C=O) groups excluding carboxylic acids is 5. The number of rotatable bonds is 35. The number of carboxylic acids is 1. The average Bonchev–Trinajstić information content (AvgIpc) is 3.10. The predicted octanol–water partition coefficient (Wildman–Crippen LogP) is 0.436. The van der Waals surface area contributed by atoms with Crippen molar-refractivity contribution in [2.45, 2.75) is 58.5 Å². The van der Waals surface area contributed by atoms with Crippen molar-refractivity contribution >= 4 is 35.8 Å². The van der Waals surface area contributed by atoms with E-state index in [0.717, 1.165) is 0 Å². The van der Waals surface area contributed by atoms with E-state index in [-0.39, 0.29) is 161 Å². The Bertz CT molecular complexity index is 1070. The molecular weight excluding hydrogens is 716 g/mol. The normalized spacial score (nSPS) is 11.0. The minimum absolute atomic E-state index is 0.0463. The highest BCUT2D eigenvalue weighted by molar-refractivity contribution is 5.78. The van der Waals surface area contributed by atoms with Crippen molar-refractivity contribution in [3.05, 3.63) is 12.7 Å². The Morgan fingerprint density at radius 2 is 1.04 bits per heavy atom. The molecule has 0 aromatic carbocycles. The molecule has 0 radical (unpaired) electrons. The Kier molecular flexibility index (Phi) is 31.3. The summed E-state index contributed by atoms with van der Waals surface area (Å²) in [6.45, 7) is 12.4. The van der Waals surface area contributed by atoms with E-state index in [2.05, 4.69) is 22.5 Å². The van der Waals surface area contributed by atoms with E-state index in [1.165, 1.54) is 11.0 Å². The van der Waals surface area contributed by atoms with Gasteiger partial charge in [-0.3, -0.25) is 24.0 Å². The molecule has 0 aliphatic rings. The lowest BCUT2D eigenvalue weighted by Crippen LogP contribution is -2.43. The summed E-state index contributed by atoms with van der Waals surface area (Å²) in [5, 5.41) is 16.6. The first-order valence-corrected chi connectivity index (χ1v) is 18.1. The molecular formula is C35H62N4O15. The van der Waals surface area contributed by atoms with Gasteiger partial charge in [-0.1, -0.05) is 12.7 Å². The molecule has 0 saturated carbocycles. The zero-order valence-corrected chi connectivity index (χ0v) is 32.2. The Labute approximate surface area is 318 Å². The van der Waals surface area contributed by atoms with Gasteiger partial charge >= 0.3 is 18.0 Å². The number of hydrogen-bond acceptors (Lipinski definition) is 14. The molecule has 312 valence electrons. The monoisotopic (exact) mass is 778 g/mol. The summed E-state index contributed by atoms with van der Waals surface area (Å²) in [7, 11) is 0. The van der Waals surface area contributed by atoms with E-state index in [1.807, 2.05) is 0 Å². The van der Waals surface area contributed by atoms with Gasteiger partial charge in [-0.25, -0.2) is 4.79 Å². The molecule has 4 amide bonds. The first-order valence-electron chi connectivity index (χ1n) is 18.1. The maximum Gasteiger partial charge on any atom is 0.407 e. The maximum atomic E-state index is 13.0. The van der Waals surface area contributed by atoms with Crippen molar-refractivity contribution in [1.82, 2.24) is 20.9 Å². The summed E-state index contributed by atoms with van der Waals surface area (Å²) >= 11 is 0. The van der Waals surface area contributed by atoms with Crippen LogP contribution >= 0.6 is 0 Å². The third-order valence-corrected chi connectivity index (χ3v) is 6.47. The van der Waals surface area contributed by atoms with Gasteiger partial charge in [0, 0.05) is 45.6 Å². The summed E-state index contributed by atoms with van der Waals surface area (Å²) in [4.78, 5) is 72.7. The molecule has 19 heteroatoms. The molecule has 19 nitrogen and oxygen atoms in total. The highest BCUT2D eigenvalue weighted by atomic mass is 16.6. The Morgan fingerprint density at radius 3 is 1.52 bits per heavy atom. The SMILES string of the molecule is C=CCOC(=O)CCOCCOCCC(=O)NCCN(CCNC(=O)CCOCCOCCOCCC(=O)O)C(=O)CCOCCNC(=O)OC(C)(C)C. The number of amides is 4. The number of ether oxygens (including phenoxy) is 8. The van der Waals surface area contributed by atoms with Crippen LogP contribution in [0.25, 0.3) is 0 Å². The number of nitrogens with zero attached hydrogens (tertiary/aromatic N) is 1. The Balaban J connectivity index is 4.43. The van der Waals surface area contributed by atoms with Crippen LogP contribution in [-0.4, -0.2) is 170 Å². The Hall–Kier alpha value is -3.88. The van der Waals surface area contributed by atoms with Gasteiger partial charge in [0.25, 0.3) is 0 Å². The summed E-state index contributed by atoms with van der Waals surface area (Å²) < 4.78 is 42.0. The fourth-order valence-corrected chi connectivity index (χ4v) is 3.89. The van der Waals surface area contributed by atoms with Gasteiger partial charge in [-0.05, 0) is 20.8 Å². The zero-order chi connectivity index (χ0) is 40.3. The molecule has 0 rings (SSSR count). The van der Waals surface area contributed by atoms with Crippen LogP contribution in [0.2, 0.25) is 0 Å². The van der Waals surface area contributed by atoms with Gasteiger partial charge < -0.3 is 63.9 Å². The molecule has 0 bridgehead atoms. The second-order valence-electron chi connectivity index (χ2n) is 12.3. The number of carbonyl (C=O) groups is 6. The molecule has 0 spiro atoms. The van der Waals surface area contributed by atoms with Crippen LogP contribution in [0.1, 0.15) is 52.9 Å². The van der Waals surface area contributed by atoms with E-state index in [1.54, 1.807) is 20.8 Å². The minimum atomic E-state index is -0.928. The second-order valence-corrected chi connectivity index (χ2v) is 12.3. The van der Waals surface area contributed by atoms with Crippen molar-refractivity contribution in [2.24, 2.45) is 0 Å². The number of hydrogen-bond donors (Lipinski definition) is 4. The molecule has 0 fully saturated rings. The maximum absolute atomic E-state index is 13.0. The van der Waals surface area contributed by atoms with E-state index in [9.17, 15) is 28.8 Å². The lowest BCUT2D eigenvalue weighted by molar-refractivity contribution is -0.144. The van der Waals surface area contributed by atoms with Crippen LogP contribution in [0.3, 0.4) is 0 Å². The lowest BCUT2D eigenvalue weighted by atomic mass is 10.2. The Morgan fingerprint density at radius 1 is 0.593 bits per heavy atom. The van der Waals surface area contributed by atoms with Gasteiger partial charge in [0.2, 0.25) is 17.7 Å². The molecule has 0 aliphatic heterocycles. The second kappa shape index (κ2) is 33.7. The highest BCUT2D eigenvalue weighted by Gasteiger charge is 2.16. The lowest BCUT2D eigenvalue weighted by Gasteiger charge is -2.23. The summed E-state index contributed by atoms with van der Waals surface area (Å²) in [5.74, 6) is -2.08. The van der Waals surface area contributed by atoms with E-state index in [4.69, 9.17) is 43.0 Å².